The first-order valence-corrected chi connectivity index (χ1v) is 4.74. The van der Waals surface area contributed by atoms with E-state index in [1.807, 2.05) is 7.05 Å². The highest BCUT2D eigenvalue weighted by Gasteiger charge is 2.01. The Hall–Kier alpha value is -0.0800. The van der Waals surface area contributed by atoms with Gasteiger partial charge < -0.3 is 0 Å². The molecule has 0 rings (SSSR count). The van der Waals surface area contributed by atoms with Crippen LogP contribution >= 0.6 is 0 Å². The lowest BCUT2D eigenvalue weighted by Gasteiger charge is -2.11. The predicted octanol–water partition coefficient (Wildman–Crippen LogP) is 1.93. The van der Waals surface area contributed by atoms with Crippen molar-refractivity contribution in [2.75, 3.05) is 13.6 Å². The van der Waals surface area contributed by atoms with Crippen molar-refractivity contribution < 1.29 is 0 Å². The van der Waals surface area contributed by atoms with Gasteiger partial charge in [0, 0.05) is 6.54 Å². The maximum Gasteiger partial charge on any atom is 0.00997 e. The third kappa shape index (κ3) is 6.32. The van der Waals surface area contributed by atoms with Gasteiger partial charge in [-0.05, 0) is 25.8 Å². The van der Waals surface area contributed by atoms with Gasteiger partial charge in [-0.3, -0.25) is 10.9 Å². The molecule has 0 aromatic carbocycles. The van der Waals surface area contributed by atoms with Crippen molar-refractivity contribution in [1.29, 1.82) is 0 Å². The van der Waals surface area contributed by atoms with Crippen LogP contribution in [-0.2, 0) is 0 Å². The molecule has 0 unspecified atom stereocenters. The van der Waals surface area contributed by atoms with E-state index in [9.17, 15) is 0 Å². The maximum absolute atomic E-state index is 3.10. The third-order valence-electron chi connectivity index (χ3n) is 2.25. The van der Waals surface area contributed by atoms with Gasteiger partial charge in [0.1, 0.15) is 0 Å². The lowest BCUT2D eigenvalue weighted by Crippen LogP contribution is -2.28. The van der Waals surface area contributed by atoms with Crippen LogP contribution < -0.4 is 10.9 Å². The van der Waals surface area contributed by atoms with Crippen LogP contribution in [0.5, 0.6) is 0 Å². The number of hydrazine groups is 1. The van der Waals surface area contributed by atoms with Gasteiger partial charge >= 0.3 is 0 Å². The van der Waals surface area contributed by atoms with E-state index in [-0.39, 0.29) is 0 Å². The smallest absolute Gasteiger partial charge is 0.00997 e. The summed E-state index contributed by atoms with van der Waals surface area (Å²) in [6, 6.07) is 0. The molecule has 2 N–H and O–H groups in total. The summed E-state index contributed by atoms with van der Waals surface area (Å²) < 4.78 is 0. The first-order chi connectivity index (χ1) is 5.35. The van der Waals surface area contributed by atoms with Crippen LogP contribution in [0.4, 0.5) is 0 Å². The van der Waals surface area contributed by atoms with E-state index < -0.39 is 0 Å². The van der Waals surface area contributed by atoms with E-state index in [1.165, 1.54) is 25.7 Å². The largest absolute Gasteiger partial charge is 0.261 e. The molecular weight excluding hydrogens is 136 g/mol. The van der Waals surface area contributed by atoms with Gasteiger partial charge in [0.25, 0.3) is 0 Å². The summed E-state index contributed by atoms with van der Waals surface area (Å²) in [7, 11) is 1.91. The number of hydrogen-bond acceptors (Lipinski definition) is 2. The normalized spacial score (nSPS) is 10.9. The van der Waals surface area contributed by atoms with Crippen molar-refractivity contribution in [2.45, 2.75) is 39.5 Å². The van der Waals surface area contributed by atoms with E-state index in [0.717, 1.165) is 12.5 Å². The second-order valence-electron chi connectivity index (χ2n) is 3.00. The fourth-order valence-electron chi connectivity index (χ4n) is 1.30. The van der Waals surface area contributed by atoms with Crippen molar-refractivity contribution in [3.05, 3.63) is 0 Å². The van der Waals surface area contributed by atoms with Crippen molar-refractivity contribution in [3.8, 4) is 0 Å². The van der Waals surface area contributed by atoms with Crippen LogP contribution in [0.15, 0.2) is 0 Å². The average Bonchev–Trinajstić information content (AvgIpc) is 2.05. The minimum atomic E-state index is 0.939. The summed E-state index contributed by atoms with van der Waals surface area (Å²) in [5.74, 6) is 0.939. The minimum absolute atomic E-state index is 0.939. The Morgan fingerprint density at radius 3 is 2.27 bits per heavy atom. The van der Waals surface area contributed by atoms with E-state index in [2.05, 4.69) is 24.7 Å². The molecule has 68 valence electrons. The molecule has 0 bridgehead atoms. The lowest BCUT2D eigenvalue weighted by molar-refractivity contribution is 0.425. The Balaban J connectivity index is 3.07. The molecule has 0 aromatic heterocycles. The number of nitrogens with one attached hydrogen (secondary N) is 2. The summed E-state index contributed by atoms with van der Waals surface area (Å²) in [5, 5.41) is 0. The molecule has 0 spiro atoms. The molecular formula is C9H22N2. The van der Waals surface area contributed by atoms with Crippen molar-refractivity contribution in [3.63, 3.8) is 0 Å². The van der Waals surface area contributed by atoms with Gasteiger partial charge in [-0.1, -0.05) is 26.7 Å². The standard InChI is InChI=1S/C9H22N2/c1-4-9(5-2)7-6-8-11-10-3/h9-11H,4-8H2,1-3H3. The monoisotopic (exact) mass is 158 g/mol. The van der Waals surface area contributed by atoms with Crippen LogP contribution in [0.25, 0.3) is 0 Å². The Morgan fingerprint density at radius 2 is 1.82 bits per heavy atom. The second kappa shape index (κ2) is 8.02. The van der Waals surface area contributed by atoms with E-state index in [4.69, 9.17) is 0 Å². The van der Waals surface area contributed by atoms with Gasteiger partial charge in [0.2, 0.25) is 0 Å². The molecule has 2 nitrogen and oxygen atoms in total. The predicted molar refractivity (Wildman–Crippen MR) is 50.4 cm³/mol. The summed E-state index contributed by atoms with van der Waals surface area (Å²) in [6.07, 6.45) is 5.31. The van der Waals surface area contributed by atoms with Crippen LogP contribution in [0.1, 0.15) is 39.5 Å². The van der Waals surface area contributed by atoms with E-state index in [1.54, 1.807) is 0 Å². The minimum Gasteiger partial charge on any atom is -0.261 e. The molecule has 0 saturated carbocycles. The Bertz CT molecular complexity index is 70.0. The molecule has 0 radical (unpaired) electrons. The van der Waals surface area contributed by atoms with Gasteiger partial charge in [0.15, 0.2) is 0 Å². The molecule has 0 fully saturated rings. The first-order valence-electron chi connectivity index (χ1n) is 4.74. The zero-order valence-electron chi connectivity index (χ0n) is 8.11. The number of rotatable bonds is 7. The highest BCUT2D eigenvalue weighted by Crippen LogP contribution is 2.13. The van der Waals surface area contributed by atoms with Crippen LogP contribution in [0.3, 0.4) is 0 Å². The van der Waals surface area contributed by atoms with E-state index in [0.29, 0.717) is 0 Å². The van der Waals surface area contributed by atoms with E-state index >= 15 is 0 Å². The molecule has 0 aliphatic heterocycles. The SMILES string of the molecule is CCC(CC)CCCNNC. The highest BCUT2D eigenvalue weighted by molar-refractivity contribution is 4.55. The molecule has 11 heavy (non-hydrogen) atoms. The molecule has 0 amide bonds. The molecule has 0 saturated heterocycles. The Morgan fingerprint density at radius 1 is 1.18 bits per heavy atom. The molecule has 0 atom stereocenters. The van der Waals surface area contributed by atoms with Gasteiger partial charge in [-0.2, -0.15) is 0 Å². The van der Waals surface area contributed by atoms with Gasteiger partial charge in [-0.15, -0.1) is 0 Å². The average molecular weight is 158 g/mol. The van der Waals surface area contributed by atoms with Crippen LogP contribution in [0, 0.1) is 5.92 Å². The maximum atomic E-state index is 3.10. The van der Waals surface area contributed by atoms with Crippen molar-refractivity contribution in [1.82, 2.24) is 10.9 Å². The lowest BCUT2D eigenvalue weighted by atomic mass is 9.98. The number of hydrogen-bond donors (Lipinski definition) is 2. The van der Waals surface area contributed by atoms with Gasteiger partial charge in [-0.25, -0.2) is 0 Å². The Kier molecular flexibility index (Phi) is 7.96. The van der Waals surface area contributed by atoms with Crippen molar-refractivity contribution in [2.24, 2.45) is 5.92 Å². The molecule has 0 aliphatic carbocycles. The summed E-state index contributed by atoms with van der Waals surface area (Å²) in [6.45, 7) is 5.65. The molecule has 0 aromatic rings. The summed E-state index contributed by atoms with van der Waals surface area (Å²) in [4.78, 5) is 0. The fourth-order valence-corrected chi connectivity index (χ4v) is 1.30. The molecule has 0 aliphatic rings. The Labute approximate surface area is 70.7 Å². The van der Waals surface area contributed by atoms with Crippen LogP contribution in [0.2, 0.25) is 0 Å². The first kappa shape index (κ1) is 10.9. The highest BCUT2D eigenvalue weighted by atomic mass is 15.3. The zero-order valence-corrected chi connectivity index (χ0v) is 8.11. The second-order valence-corrected chi connectivity index (χ2v) is 3.00. The zero-order chi connectivity index (χ0) is 8.53. The summed E-state index contributed by atoms with van der Waals surface area (Å²) in [5.41, 5.74) is 6.03. The van der Waals surface area contributed by atoms with Gasteiger partial charge in [0.05, 0.1) is 0 Å². The fraction of sp³-hybridized carbons (Fsp3) is 1.00. The topological polar surface area (TPSA) is 24.1 Å². The van der Waals surface area contributed by atoms with Crippen LogP contribution in [-0.4, -0.2) is 13.6 Å². The summed E-state index contributed by atoms with van der Waals surface area (Å²) >= 11 is 0. The van der Waals surface area contributed by atoms with Crippen molar-refractivity contribution >= 4 is 0 Å². The quantitative estimate of drug-likeness (QED) is 0.437. The third-order valence-corrected chi connectivity index (χ3v) is 2.25. The molecule has 2 heteroatoms. The molecule has 0 heterocycles.